The van der Waals surface area contributed by atoms with Gasteiger partial charge >= 0.3 is 0 Å². The molecule has 148 valence electrons. The number of aromatic nitrogens is 2. The summed E-state index contributed by atoms with van der Waals surface area (Å²) in [5, 5.41) is 7.18. The van der Waals surface area contributed by atoms with Crippen LogP contribution in [0, 0.1) is 5.92 Å². The van der Waals surface area contributed by atoms with Crippen LogP contribution in [0.15, 0.2) is 48.7 Å². The highest BCUT2D eigenvalue weighted by Crippen LogP contribution is 2.34. The molecule has 1 fully saturated rings. The smallest absolute Gasteiger partial charge is 0.252 e. The second-order valence-electron chi connectivity index (χ2n) is 7.27. The maximum atomic E-state index is 11.9. The molecule has 2 amide bonds. The van der Waals surface area contributed by atoms with E-state index in [1.165, 1.54) is 0 Å². The van der Waals surface area contributed by atoms with E-state index in [4.69, 9.17) is 11.5 Å². The minimum Gasteiger partial charge on any atom is -0.368 e. The molecular formula is C21H22N6O2. The van der Waals surface area contributed by atoms with E-state index in [-0.39, 0.29) is 5.56 Å². The van der Waals surface area contributed by atoms with Crippen molar-refractivity contribution >= 4 is 40.0 Å². The van der Waals surface area contributed by atoms with E-state index in [2.05, 4.69) is 20.6 Å². The summed E-state index contributed by atoms with van der Waals surface area (Å²) in [4.78, 5) is 32.4. The number of fused-ring (bicyclic) bond motifs is 1. The lowest BCUT2D eigenvalue weighted by atomic mass is 10.1. The van der Waals surface area contributed by atoms with Gasteiger partial charge in [0, 0.05) is 17.3 Å². The summed E-state index contributed by atoms with van der Waals surface area (Å²) >= 11 is 0. The SMILES string of the molecule is NC(=O)c1ccc(NC(CC2CC2)C(N)=O)nc1Nc1ccc2ncccc2c1. The maximum absolute atomic E-state index is 11.9. The third-order valence-corrected chi connectivity index (χ3v) is 4.96. The van der Waals surface area contributed by atoms with Crippen LogP contribution in [0.2, 0.25) is 0 Å². The fourth-order valence-electron chi connectivity index (χ4n) is 3.24. The van der Waals surface area contributed by atoms with Gasteiger partial charge in [0.2, 0.25) is 5.91 Å². The molecule has 6 N–H and O–H groups in total. The molecule has 0 radical (unpaired) electrons. The van der Waals surface area contributed by atoms with Crippen LogP contribution in [-0.2, 0) is 4.79 Å². The molecule has 8 nitrogen and oxygen atoms in total. The number of hydrogen-bond donors (Lipinski definition) is 4. The lowest BCUT2D eigenvalue weighted by Gasteiger charge is -2.17. The Morgan fingerprint density at radius 1 is 1.14 bits per heavy atom. The zero-order chi connectivity index (χ0) is 20.4. The molecule has 0 spiro atoms. The number of benzene rings is 1. The predicted octanol–water partition coefficient (Wildman–Crippen LogP) is 2.54. The van der Waals surface area contributed by atoms with Crippen molar-refractivity contribution in [1.82, 2.24) is 9.97 Å². The Balaban J connectivity index is 1.61. The molecule has 8 heteroatoms. The highest BCUT2D eigenvalue weighted by Gasteiger charge is 2.28. The van der Waals surface area contributed by atoms with Crippen LogP contribution in [0.5, 0.6) is 0 Å². The monoisotopic (exact) mass is 390 g/mol. The Bertz CT molecular complexity index is 1080. The second-order valence-corrected chi connectivity index (χ2v) is 7.27. The first-order valence-corrected chi connectivity index (χ1v) is 9.48. The summed E-state index contributed by atoms with van der Waals surface area (Å²) in [7, 11) is 0. The van der Waals surface area contributed by atoms with Gasteiger partial charge in [-0.25, -0.2) is 4.98 Å². The molecule has 1 aliphatic carbocycles. The Kier molecular flexibility index (Phi) is 4.99. The van der Waals surface area contributed by atoms with Crippen LogP contribution < -0.4 is 22.1 Å². The highest BCUT2D eigenvalue weighted by atomic mass is 16.1. The first kappa shape index (κ1) is 18.7. The first-order chi connectivity index (χ1) is 14.0. The van der Waals surface area contributed by atoms with Crippen LogP contribution in [0.1, 0.15) is 29.6 Å². The highest BCUT2D eigenvalue weighted by molar-refractivity contribution is 5.99. The molecule has 2 heterocycles. The molecular weight excluding hydrogens is 368 g/mol. The number of carbonyl (C=O) groups is 2. The Morgan fingerprint density at radius 3 is 2.69 bits per heavy atom. The van der Waals surface area contributed by atoms with E-state index in [1.54, 1.807) is 18.3 Å². The number of rotatable bonds is 8. The largest absolute Gasteiger partial charge is 0.368 e. The summed E-state index contributed by atoms with van der Waals surface area (Å²) in [6, 6.07) is 12.1. The van der Waals surface area contributed by atoms with Crippen molar-refractivity contribution in [2.24, 2.45) is 17.4 Å². The third-order valence-electron chi connectivity index (χ3n) is 4.96. The quantitative estimate of drug-likeness (QED) is 0.467. The van der Waals surface area contributed by atoms with Crippen LogP contribution in [0.25, 0.3) is 10.9 Å². The van der Waals surface area contributed by atoms with Crippen molar-refractivity contribution in [3.63, 3.8) is 0 Å². The van der Waals surface area contributed by atoms with Gasteiger partial charge in [0.15, 0.2) is 0 Å². The number of anilines is 3. The number of nitrogens with zero attached hydrogens (tertiary/aromatic N) is 2. The van der Waals surface area contributed by atoms with Gasteiger partial charge in [0.1, 0.15) is 17.7 Å². The lowest BCUT2D eigenvalue weighted by molar-refractivity contribution is -0.118. The van der Waals surface area contributed by atoms with Gasteiger partial charge in [-0.3, -0.25) is 14.6 Å². The lowest BCUT2D eigenvalue weighted by Crippen LogP contribution is -2.36. The summed E-state index contributed by atoms with van der Waals surface area (Å²) in [6.45, 7) is 0. The van der Waals surface area contributed by atoms with E-state index in [0.717, 1.165) is 29.4 Å². The van der Waals surface area contributed by atoms with E-state index in [1.807, 2.05) is 30.3 Å². The average Bonchev–Trinajstić information content (AvgIpc) is 3.51. The van der Waals surface area contributed by atoms with Gasteiger partial charge in [-0.15, -0.1) is 0 Å². The Hall–Kier alpha value is -3.68. The number of pyridine rings is 2. The van der Waals surface area contributed by atoms with E-state index in [9.17, 15) is 9.59 Å². The predicted molar refractivity (Wildman–Crippen MR) is 112 cm³/mol. The normalized spacial score (nSPS) is 14.3. The second kappa shape index (κ2) is 7.75. The minimum atomic E-state index is -0.599. The molecule has 3 aromatic rings. The summed E-state index contributed by atoms with van der Waals surface area (Å²) < 4.78 is 0. The van der Waals surface area contributed by atoms with Crippen LogP contribution in [-0.4, -0.2) is 27.8 Å². The molecule has 29 heavy (non-hydrogen) atoms. The number of carbonyl (C=O) groups excluding carboxylic acids is 2. The van der Waals surface area contributed by atoms with Gasteiger partial charge in [-0.05, 0) is 48.7 Å². The molecule has 1 aromatic carbocycles. The molecule has 4 rings (SSSR count). The minimum absolute atomic E-state index is 0.250. The van der Waals surface area contributed by atoms with Crippen molar-refractivity contribution in [1.29, 1.82) is 0 Å². The number of primary amides is 2. The van der Waals surface area contributed by atoms with Crippen LogP contribution in [0.3, 0.4) is 0 Å². The van der Waals surface area contributed by atoms with Gasteiger partial charge in [-0.1, -0.05) is 18.9 Å². The molecule has 0 saturated heterocycles. The van der Waals surface area contributed by atoms with Gasteiger partial charge in [0.25, 0.3) is 5.91 Å². The number of nitrogens with one attached hydrogen (secondary N) is 2. The van der Waals surface area contributed by atoms with E-state index in [0.29, 0.717) is 24.0 Å². The van der Waals surface area contributed by atoms with Crippen molar-refractivity contribution in [3.8, 4) is 0 Å². The van der Waals surface area contributed by atoms with Crippen LogP contribution >= 0.6 is 0 Å². The van der Waals surface area contributed by atoms with Crippen molar-refractivity contribution in [2.75, 3.05) is 10.6 Å². The van der Waals surface area contributed by atoms with Crippen molar-refractivity contribution < 1.29 is 9.59 Å². The topological polar surface area (TPSA) is 136 Å². The standard InChI is InChI=1S/C21H22N6O2/c22-19(28)15-6-8-18(26-17(20(23)29)10-12-3-4-12)27-21(15)25-14-5-7-16-13(11-14)2-1-9-24-16/h1-2,5-9,11-12,17H,3-4,10H2,(H2,22,28)(H2,23,29)(H2,25,26,27). The van der Waals surface area contributed by atoms with E-state index >= 15 is 0 Å². The van der Waals surface area contributed by atoms with E-state index < -0.39 is 17.9 Å². The average molecular weight is 390 g/mol. The maximum Gasteiger partial charge on any atom is 0.252 e. The molecule has 1 aliphatic rings. The molecule has 0 bridgehead atoms. The Morgan fingerprint density at radius 2 is 1.97 bits per heavy atom. The first-order valence-electron chi connectivity index (χ1n) is 9.48. The van der Waals surface area contributed by atoms with Crippen molar-refractivity contribution in [3.05, 3.63) is 54.2 Å². The Labute approximate surface area is 167 Å². The molecule has 1 saturated carbocycles. The zero-order valence-corrected chi connectivity index (χ0v) is 15.8. The fraction of sp³-hybridized carbons (Fsp3) is 0.238. The van der Waals surface area contributed by atoms with Gasteiger partial charge < -0.3 is 22.1 Å². The number of amides is 2. The summed E-state index contributed by atoms with van der Waals surface area (Å²) in [6.07, 6.45) is 4.63. The zero-order valence-electron chi connectivity index (χ0n) is 15.8. The summed E-state index contributed by atoms with van der Waals surface area (Å²) in [5.74, 6) is 0.256. The molecule has 1 atom stereocenters. The fourth-order valence-corrected chi connectivity index (χ4v) is 3.24. The molecule has 2 aromatic heterocycles. The molecule has 0 aliphatic heterocycles. The molecule has 1 unspecified atom stereocenters. The van der Waals surface area contributed by atoms with Gasteiger partial charge in [0.05, 0.1) is 11.1 Å². The van der Waals surface area contributed by atoms with Crippen molar-refractivity contribution in [2.45, 2.75) is 25.3 Å². The third kappa shape index (κ3) is 4.43. The summed E-state index contributed by atoms with van der Waals surface area (Å²) in [5.41, 5.74) is 12.9. The van der Waals surface area contributed by atoms with Crippen LogP contribution in [0.4, 0.5) is 17.3 Å². The number of nitrogens with two attached hydrogens (primary N) is 2. The number of hydrogen-bond acceptors (Lipinski definition) is 6. The van der Waals surface area contributed by atoms with Gasteiger partial charge in [-0.2, -0.15) is 0 Å².